The Morgan fingerprint density at radius 1 is 0.938 bits per heavy atom. The van der Waals surface area contributed by atoms with E-state index in [-0.39, 0.29) is 0 Å². The Morgan fingerprint density at radius 3 is 2.12 bits per heavy atom. The van der Waals surface area contributed by atoms with Gasteiger partial charge in [-0.05, 0) is 18.6 Å². The van der Waals surface area contributed by atoms with Gasteiger partial charge in [0.05, 0.1) is 5.37 Å². The second kappa shape index (κ2) is 8.74. The van der Waals surface area contributed by atoms with Crippen molar-refractivity contribution >= 4 is 12.6 Å². The molecule has 0 N–H and O–H groups in total. The predicted molar refractivity (Wildman–Crippen MR) is 75.1 cm³/mol. The molecule has 1 unspecified atom stereocenters. The van der Waals surface area contributed by atoms with E-state index in [9.17, 15) is 0 Å². The summed E-state index contributed by atoms with van der Waals surface area (Å²) in [7, 11) is 0. The Labute approximate surface area is 106 Å². The fraction of sp³-hybridized carbons (Fsp3) is 0.714. The lowest BCUT2D eigenvalue weighted by molar-refractivity contribution is 0.539. The zero-order valence-electron chi connectivity index (χ0n) is 10.4. The van der Waals surface area contributed by atoms with Crippen molar-refractivity contribution in [1.82, 2.24) is 4.57 Å². The van der Waals surface area contributed by atoms with Gasteiger partial charge in [-0.15, -0.1) is 0 Å². The van der Waals surface area contributed by atoms with Crippen LogP contribution in [0.3, 0.4) is 0 Å². The smallest absolute Gasteiger partial charge is 0.0758 e. The molecule has 0 bridgehead atoms. The molecule has 1 aromatic rings. The van der Waals surface area contributed by atoms with Crippen LogP contribution in [0.2, 0.25) is 0 Å². The van der Waals surface area contributed by atoms with Gasteiger partial charge in [-0.2, -0.15) is 12.6 Å². The molecule has 1 atom stereocenters. The summed E-state index contributed by atoms with van der Waals surface area (Å²) in [5, 5.41) is 0.366. The van der Waals surface area contributed by atoms with E-state index in [4.69, 9.17) is 0 Å². The van der Waals surface area contributed by atoms with Gasteiger partial charge < -0.3 is 4.57 Å². The molecule has 1 nitrogen and oxygen atoms in total. The lowest BCUT2D eigenvalue weighted by atomic mass is 10.1. The van der Waals surface area contributed by atoms with Gasteiger partial charge >= 0.3 is 0 Å². The summed E-state index contributed by atoms with van der Waals surface area (Å²) in [6, 6.07) is 4.13. The van der Waals surface area contributed by atoms with E-state index in [0.29, 0.717) is 5.37 Å². The third-order valence-corrected chi connectivity index (χ3v) is 3.56. The van der Waals surface area contributed by atoms with E-state index in [2.05, 4.69) is 48.6 Å². The summed E-state index contributed by atoms with van der Waals surface area (Å²) < 4.78 is 2.18. The highest BCUT2D eigenvalue weighted by Crippen LogP contribution is 2.20. The summed E-state index contributed by atoms with van der Waals surface area (Å²) in [6.07, 6.45) is 15.0. The van der Waals surface area contributed by atoms with Crippen LogP contribution in [0, 0.1) is 0 Å². The zero-order chi connectivity index (χ0) is 11.6. The van der Waals surface area contributed by atoms with Crippen LogP contribution in [-0.4, -0.2) is 4.57 Å². The second-order valence-corrected chi connectivity index (χ2v) is 5.12. The van der Waals surface area contributed by atoms with E-state index in [1.807, 2.05) is 0 Å². The normalized spacial score (nSPS) is 12.9. The van der Waals surface area contributed by atoms with Crippen LogP contribution in [0.1, 0.15) is 63.7 Å². The van der Waals surface area contributed by atoms with Gasteiger partial charge in [0.25, 0.3) is 0 Å². The van der Waals surface area contributed by atoms with Crippen LogP contribution in [0.4, 0.5) is 0 Å². The first-order chi connectivity index (χ1) is 7.84. The number of hydrogen-bond acceptors (Lipinski definition) is 1. The molecule has 0 saturated carbocycles. The number of thiol groups is 1. The van der Waals surface area contributed by atoms with Gasteiger partial charge in [-0.3, -0.25) is 0 Å². The van der Waals surface area contributed by atoms with Crippen LogP contribution >= 0.6 is 12.6 Å². The minimum atomic E-state index is 0.366. The Kier molecular flexibility index (Phi) is 7.48. The molecule has 0 aliphatic heterocycles. The van der Waals surface area contributed by atoms with E-state index >= 15 is 0 Å². The number of unbranched alkanes of at least 4 members (excludes halogenated alkanes) is 6. The highest BCUT2D eigenvalue weighted by atomic mass is 32.1. The van der Waals surface area contributed by atoms with E-state index < -0.39 is 0 Å². The molecule has 0 aromatic carbocycles. The molecule has 0 fully saturated rings. The molecule has 0 saturated heterocycles. The number of nitrogens with zero attached hydrogens (tertiary/aromatic N) is 1. The van der Waals surface area contributed by atoms with Crippen LogP contribution in [0.15, 0.2) is 24.5 Å². The quantitative estimate of drug-likeness (QED) is 0.454. The summed E-state index contributed by atoms with van der Waals surface area (Å²) in [6.45, 7) is 2.27. The summed E-state index contributed by atoms with van der Waals surface area (Å²) >= 11 is 4.61. The Bertz CT molecular complexity index is 243. The average molecular weight is 239 g/mol. The number of aromatic nitrogens is 1. The zero-order valence-corrected chi connectivity index (χ0v) is 11.3. The molecule has 0 aliphatic rings. The van der Waals surface area contributed by atoms with Crippen LogP contribution in [0.25, 0.3) is 0 Å². The van der Waals surface area contributed by atoms with Gasteiger partial charge in [-0.1, -0.05) is 51.9 Å². The van der Waals surface area contributed by atoms with E-state index in [1.54, 1.807) is 0 Å². The maximum absolute atomic E-state index is 4.61. The summed E-state index contributed by atoms with van der Waals surface area (Å²) in [5.41, 5.74) is 0. The van der Waals surface area contributed by atoms with Crippen molar-refractivity contribution < 1.29 is 0 Å². The molecule has 0 amide bonds. The first-order valence-electron chi connectivity index (χ1n) is 6.65. The van der Waals surface area contributed by atoms with Crippen molar-refractivity contribution in [2.24, 2.45) is 0 Å². The second-order valence-electron chi connectivity index (χ2n) is 4.52. The molecule has 92 valence electrons. The molecule has 1 heterocycles. The van der Waals surface area contributed by atoms with Crippen molar-refractivity contribution in [2.75, 3.05) is 0 Å². The van der Waals surface area contributed by atoms with Gasteiger partial charge in [0.2, 0.25) is 0 Å². The molecular weight excluding hydrogens is 214 g/mol. The molecule has 0 radical (unpaired) electrons. The molecule has 1 aromatic heterocycles. The van der Waals surface area contributed by atoms with Crippen molar-refractivity contribution in [3.05, 3.63) is 24.5 Å². The minimum Gasteiger partial charge on any atom is -0.342 e. The summed E-state index contributed by atoms with van der Waals surface area (Å²) in [5.74, 6) is 0. The fourth-order valence-corrected chi connectivity index (χ4v) is 2.32. The number of rotatable bonds is 9. The average Bonchev–Trinajstić information content (AvgIpc) is 2.81. The van der Waals surface area contributed by atoms with E-state index in [0.717, 1.165) is 0 Å². The first-order valence-corrected chi connectivity index (χ1v) is 7.16. The lowest BCUT2D eigenvalue weighted by Gasteiger charge is -2.12. The Morgan fingerprint density at radius 2 is 1.50 bits per heavy atom. The largest absolute Gasteiger partial charge is 0.342 e. The Balaban J connectivity index is 1.95. The van der Waals surface area contributed by atoms with Gasteiger partial charge in [-0.25, -0.2) is 0 Å². The van der Waals surface area contributed by atoms with Crippen molar-refractivity contribution in [2.45, 2.75) is 63.7 Å². The molecular formula is C14H25NS. The minimum absolute atomic E-state index is 0.366. The molecule has 0 aliphatic carbocycles. The highest BCUT2D eigenvalue weighted by molar-refractivity contribution is 7.80. The predicted octanol–water partition coefficient (Wildman–Crippen LogP) is 5.06. The van der Waals surface area contributed by atoms with Crippen LogP contribution in [0.5, 0.6) is 0 Å². The SMILES string of the molecule is CCCCCCCCCC(S)n1cccc1. The maximum Gasteiger partial charge on any atom is 0.0758 e. The fourth-order valence-electron chi connectivity index (χ4n) is 1.98. The third-order valence-electron chi connectivity index (χ3n) is 3.04. The monoisotopic (exact) mass is 239 g/mol. The third kappa shape index (κ3) is 5.64. The topological polar surface area (TPSA) is 4.93 Å². The van der Waals surface area contributed by atoms with Crippen molar-refractivity contribution in [1.29, 1.82) is 0 Å². The lowest BCUT2D eigenvalue weighted by Crippen LogP contribution is -1.99. The maximum atomic E-state index is 4.61. The van der Waals surface area contributed by atoms with Crippen LogP contribution in [-0.2, 0) is 0 Å². The van der Waals surface area contributed by atoms with Gasteiger partial charge in [0.1, 0.15) is 0 Å². The highest BCUT2D eigenvalue weighted by Gasteiger charge is 2.02. The van der Waals surface area contributed by atoms with Crippen molar-refractivity contribution in [3.8, 4) is 0 Å². The molecule has 16 heavy (non-hydrogen) atoms. The van der Waals surface area contributed by atoms with Gasteiger partial charge in [0.15, 0.2) is 0 Å². The standard InChI is InChI=1S/C14H25NS/c1-2-3-4-5-6-7-8-11-14(16)15-12-9-10-13-15/h9-10,12-14,16H,2-8,11H2,1H3. The summed E-state index contributed by atoms with van der Waals surface area (Å²) in [4.78, 5) is 0. The van der Waals surface area contributed by atoms with Crippen molar-refractivity contribution in [3.63, 3.8) is 0 Å². The van der Waals surface area contributed by atoms with Crippen LogP contribution < -0.4 is 0 Å². The number of hydrogen-bond donors (Lipinski definition) is 1. The first kappa shape index (κ1) is 13.7. The molecule has 1 rings (SSSR count). The molecule has 0 spiro atoms. The van der Waals surface area contributed by atoms with E-state index in [1.165, 1.54) is 51.4 Å². The molecule has 2 heteroatoms. The van der Waals surface area contributed by atoms with Gasteiger partial charge in [0, 0.05) is 12.4 Å². The Hall–Kier alpha value is -0.370.